The summed E-state index contributed by atoms with van der Waals surface area (Å²) in [6.45, 7) is 3.43. The second-order valence-corrected chi connectivity index (χ2v) is 3.82. The molecule has 0 aliphatic heterocycles. The molecule has 0 saturated heterocycles. The standard InChI is InChI=1S/C12H13ClF3N3/c1-2-3-4-9(5-6-13)19-10(8-17)7-11(18-19)12(14,15)16/h2-5,7H,1,6,8,17H2/b4-3-,9-5+. The summed E-state index contributed by atoms with van der Waals surface area (Å²) in [5.41, 5.74) is 5.11. The molecule has 1 aromatic rings. The molecule has 7 heteroatoms. The Balaban J connectivity index is 3.30. The van der Waals surface area contributed by atoms with Crippen LogP contribution in [-0.4, -0.2) is 15.7 Å². The normalized spacial score (nSPS) is 13.2. The Morgan fingerprint density at radius 3 is 2.68 bits per heavy atom. The molecule has 1 heterocycles. The van der Waals surface area contributed by atoms with E-state index in [1.807, 2.05) is 0 Å². The smallest absolute Gasteiger partial charge is 0.325 e. The van der Waals surface area contributed by atoms with Crippen LogP contribution in [0.1, 0.15) is 11.4 Å². The molecule has 0 radical (unpaired) electrons. The fraction of sp³-hybridized carbons (Fsp3) is 0.250. The maximum absolute atomic E-state index is 12.6. The van der Waals surface area contributed by atoms with Crippen LogP contribution in [0.15, 0.2) is 36.9 Å². The molecule has 0 saturated carbocycles. The highest BCUT2D eigenvalue weighted by molar-refractivity contribution is 6.19. The van der Waals surface area contributed by atoms with Gasteiger partial charge in [-0.25, -0.2) is 4.68 Å². The van der Waals surface area contributed by atoms with Gasteiger partial charge < -0.3 is 5.73 Å². The summed E-state index contributed by atoms with van der Waals surface area (Å²) in [4.78, 5) is 0. The molecule has 2 N–H and O–H groups in total. The third kappa shape index (κ3) is 3.97. The van der Waals surface area contributed by atoms with E-state index in [2.05, 4.69) is 11.7 Å². The molecule has 1 rings (SSSR count). The number of allylic oxidation sites excluding steroid dienone is 5. The topological polar surface area (TPSA) is 43.8 Å². The first-order valence-electron chi connectivity index (χ1n) is 5.35. The summed E-state index contributed by atoms with van der Waals surface area (Å²) in [5, 5.41) is 3.52. The highest BCUT2D eigenvalue weighted by Gasteiger charge is 2.34. The van der Waals surface area contributed by atoms with E-state index >= 15 is 0 Å². The lowest BCUT2D eigenvalue weighted by molar-refractivity contribution is -0.141. The quantitative estimate of drug-likeness (QED) is 0.669. The Morgan fingerprint density at radius 2 is 2.21 bits per heavy atom. The Hall–Kier alpha value is -1.53. The molecule has 104 valence electrons. The van der Waals surface area contributed by atoms with Crippen molar-refractivity contribution in [3.8, 4) is 0 Å². The molecule has 0 spiro atoms. The first-order chi connectivity index (χ1) is 8.93. The van der Waals surface area contributed by atoms with Crippen LogP contribution in [0.2, 0.25) is 0 Å². The lowest BCUT2D eigenvalue weighted by Crippen LogP contribution is -2.09. The summed E-state index contributed by atoms with van der Waals surface area (Å²) in [6, 6.07) is 0.920. The van der Waals surface area contributed by atoms with Gasteiger partial charge in [0.05, 0.1) is 11.4 Å². The molecule has 19 heavy (non-hydrogen) atoms. The van der Waals surface area contributed by atoms with Crippen LogP contribution in [0.25, 0.3) is 5.70 Å². The molecule has 3 nitrogen and oxygen atoms in total. The van der Waals surface area contributed by atoms with Crippen LogP contribution in [-0.2, 0) is 12.7 Å². The van der Waals surface area contributed by atoms with Crippen molar-refractivity contribution in [3.63, 3.8) is 0 Å². The van der Waals surface area contributed by atoms with Crippen molar-refractivity contribution in [1.82, 2.24) is 9.78 Å². The summed E-state index contributed by atoms with van der Waals surface area (Å²) >= 11 is 5.59. The van der Waals surface area contributed by atoms with Gasteiger partial charge in [0.1, 0.15) is 0 Å². The number of aromatic nitrogens is 2. The lowest BCUT2D eigenvalue weighted by Gasteiger charge is -2.06. The number of halogens is 4. The van der Waals surface area contributed by atoms with Crippen molar-refractivity contribution in [3.05, 3.63) is 48.3 Å². The summed E-state index contributed by atoms with van der Waals surface area (Å²) < 4.78 is 39.0. The third-order valence-corrected chi connectivity index (χ3v) is 2.37. The van der Waals surface area contributed by atoms with Crippen LogP contribution in [0.5, 0.6) is 0 Å². The molecule has 0 aliphatic rings. The molecule has 0 fully saturated rings. The maximum atomic E-state index is 12.6. The minimum atomic E-state index is -4.51. The zero-order chi connectivity index (χ0) is 14.5. The van der Waals surface area contributed by atoms with E-state index in [0.29, 0.717) is 5.70 Å². The van der Waals surface area contributed by atoms with Crippen LogP contribution < -0.4 is 5.73 Å². The van der Waals surface area contributed by atoms with Gasteiger partial charge in [0.25, 0.3) is 0 Å². The molecule has 1 aromatic heterocycles. The van der Waals surface area contributed by atoms with Crippen molar-refractivity contribution in [2.75, 3.05) is 5.88 Å². The fourth-order valence-electron chi connectivity index (χ4n) is 1.40. The van der Waals surface area contributed by atoms with Gasteiger partial charge in [0.2, 0.25) is 0 Å². The Morgan fingerprint density at radius 1 is 1.53 bits per heavy atom. The molecular formula is C12H13ClF3N3. The molecule has 0 bridgehead atoms. The third-order valence-electron chi connectivity index (χ3n) is 2.22. The van der Waals surface area contributed by atoms with E-state index in [4.69, 9.17) is 17.3 Å². The Kier molecular flexibility index (Phi) is 5.38. The second-order valence-electron chi connectivity index (χ2n) is 3.51. The molecule has 0 amide bonds. The number of alkyl halides is 4. The van der Waals surface area contributed by atoms with Gasteiger partial charge >= 0.3 is 6.18 Å². The number of nitrogens with two attached hydrogens (primary N) is 1. The zero-order valence-electron chi connectivity index (χ0n) is 9.99. The van der Waals surface area contributed by atoms with Crippen molar-refractivity contribution in [2.45, 2.75) is 12.7 Å². The monoisotopic (exact) mass is 291 g/mol. The van der Waals surface area contributed by atoms with Crippen LogP contribution in [0.3, 0.4) is 0 Å². The second kappa shape index (κ2) is 6.58. The number of hydrogen-bond donors (Lipinski definition) is 1. The first kappa shape index (κ1) is 15.5. The van der Waals surface area contributed by atoms with E-state index in [9.17, 15) is 13.2 Å². The van der Waals surface area contributed by atoms with Gasteiger partial charge in [-0.3, -0.25) is 0 Å². The number of rotatable bonds is 5. The highest BCUT2D eigenvalue weighted by atomic mass is 35.5. The maximum Gasteiger partial charge on any atom is 0.435 e. The first-order valence-corrected chi connectivity index (χ1v) is 5.89. The van der Waals surface area contributed by atoms with Crippen molar-refractivity contribution in [1.29, 1.82) is 0 Å². The van der Waals surface area contributed by atoms with E-state index in [1.165, 1.54) is 12.2 Å². The summed E-state index contributed by atoms with van der Waals surface area (Å²) in [5.74, 6) is 0.141. The average Bonchev–Trinajstić information content (AvgIpc) is 2.78. The largest absolute Gasteiger partial charge is 0.435 e. The van der Waals surface area contributed by atoms with E-state index in [0.717, 1.165) is 10.7 Å². The Bertz CT molecular complexity index is 501. The number of nitrogens with zero attached hydrogens (tertiary/aromatic N) is 2. The van der Waals surface area contributed by atoms with Crippen molar-refractivity contribution < 1.29 is 13.2 Å². The Labute approximate surface area is 113 Å². The van der Waals surface area contributed by atoms with Crippen molar-refractivity contribution in [2.24, 2.45) is 5.73 Å². The van der Waals surface area contributed by atoms with Gasteiger partial charge in [0.15, 0.2) is 5.69 Å². The predicted molar refractivity (Wildman–Crippen MR) is 69.5 cm³/mol. The van der Waals surface area contributed by atoms with Crippen LogP contribution in [0, 0.1) is 0 Å². The van der Waals surface area contributed by atoms with Gasteiger partial charge in [-0.15, -0.1) is 11.6 Å². The molecule has 0 aromatic carbocycles. The fourth-order valence-corrected chi connectivity index (χ4v) is 1.56. The van der Waals surface area contributed by atoms with E-state index in [1.54, 1.807) is 12.2 Å². The van der Waals surface area contributed by atoms with Gasteiger partial charge in [-0.1, -0.05) is 18.7 Å². The minimum absolute atomic E-state index is 0.0648. The number of hydrogen-bond acceptors (Lipinski definition) is 2. The SMILES string of the molecule is C=C/C=C\C(=C/CCl)n1nc(C(F)(F)F)cc1CN. The van der Waals surface area contributed by atoms with Crippen LogP contribution in [0.4, 0.5) is 13.2 Å². The minimum Gasteiger partial charge on any atom is -0.325 e. The van der Waals surface area contributed by atoms with Gasteiger partial charge in [0, 0.05) is 12.4 Å². The lowest BCUT2D eigenvalue weighted by atomic mass is 10.3. The predicted octanol–water partition coefficient (Wildman–Crippen LogP) is 3.18. The zero-order valence-corrected chi connectivity index (χ0v) is 10.7. The summed E-state index contributed by atoms with van der Waals surface area (Å²) in [6.07, 6.45) is 1.66. The van der Waals surface area contributed by atoms with Gasteiger partial charge in [-0.05, 0) is 18.2 Å². The van der Waals surface area contributed by atoms with E-state index < -0.39 is 11.9 Å². The molecule has 0 unspecified atom stereocenters. The van der Waals surface area contributed by atoms with E-state index in [-0.39, 0.29) is 18.1 Å². The van der Waals surface area contributed by atoms with Gasteiger partial charge in [-0.2, -0.15) is 18.3 Å². The highest BCUT2D eigenvalue weighted by Crippen LogP contribution is 2.29. The van der Waals surface area contributed by atoms with Crippen LogP contribution >= 0.6 is 11.6 Å². The molecule has 0 atom stereocenters. The average molecular weight is 292 g/mol. The molecular weight excluding hydrogens is 279 g/mol. The van der Waals surface area contributed by atoms with Crippen molar-refractivity contribution >= 4 is 17.3 Å². The summed E-state index contributed by atoms with van der Waals surface area (Å²) in [7, 11) is 0. The molecule has 0 aliphatic carbocycles.